The second-order valence-electron chi connectivity index (χ2n) is 10.2. The van der Waals surface area contributed by atoms with Gasteiger partial charge < -0.3 is 5.32 Å². The first-order valence-corrected chi connectivity index (χ1v) is 11.8. The predicted molar refractivity (Wildman–Crippen MR) is 130 cm³/mol. The van der Waals surface area contributed by atoms with Crippen LogP contribution in [0.25, 0.3) is 16.9 Å². The Morgan fingerprint density at radius 1 is 1.03 bits per heavy atom. The van der Waals surface area contributed by atoms with Crippen LogP contribution in [0.2, 0.25) is 0 Å². The number of nitrogens with zero attached hydrogens (tertiary/aromatic N) is 5. The summed E-state index contributed by atoms with van der Waals surface area (Å²) >= 11 is 0. The molecule has 0 saturated heterocycles. The Hall–Kier alpha value is -3.48. The average Bonchev–Trinajstić information content (AvgIpc) is 3.45. The third-order valence-electron chi connectivity index (χ3n) is 6.59. The third-order valence-corrected chi connectivity index (χ3v) is 6.59. The van der Waals surface area contributed by atoms with E-state index >= 15 is 0 Å². The van der Waals surface area contributed by atoms with E-state index in [1.807, 2.05) is 27.6 Å². The van der Waals surface area contributed by atoms with Gasteiger partial charge in [-0.25, -0.2) is 19.3 Å². The van der Waals surface area contributed by atoms with Crippen molar-refractivity contribution in [1.29, 1.82) is 0 Å². The molecule has 3 heterocycles. The zero-order chi connectivity index (χ0) is 22.7. The lowest BCUT2D eigenvalue weighted by Gasteiger charge is -2.19. The van der Waals surface area contributed by atoms with Crippen molar-refractivity contribution in [3.05, 3.63) is 69.8 Å². The van der Waals surface area contributed by atoms with Gasteiger partial charge in [-0.1, -0.05) is 32.9 Å². The summed E-state index contributed by atoms with van der Waals surface area (Å²) in [5.41, 5.74) is 5.20. The van der Waals surface area contributed by atoms with Crippen molar-refractivity contribution in [3.63, 3.8) is 0 Å². The largest absolute Gasteiger partial charge is 0.324 e. The molecule has 0 atom stereocenters. The normalized spacial score (nSPS) is 15.7. The van der Waals surface area contributed by atoms with E-state index in [-0.39, 0.29) is 17.0 Å². The maximum Gasteiger partial charge on any atom is 0.278 e. The first kappa shape index (κ1) is 20.1. The molecule has 0 unspecified atom stereocenters. The van der Waals surface area contributed by atoms with E-state index in [9.17, 15) is 4.79 Å². The van der Waals surface area contributed by atoms with Gasteiger partial charge in [0.05, 0.1) is 6.04 Å². The number of pyridine rings is 1. The minimum atomic E-state index is -0.0983. The molecular weight excluding hydrogens is 412 g/mol. The number of hydrogen-bond acceptors (Lipinski definition) is 5. The number of fused-ring (bicyclic) bond motifs is 2. The van der Waals surface area contributed by atoms with Gasteiger partial charge in [0, 0.05) is 23.0 Å². The zero-order valence-corrected chi connectivity index (χ0v) is 19.3. The van der Waals surface area contributed by atoms with Gasteiger partial charge in [0.15, 0.2) is 11.5 Å². The molecule has 0 amide bonds. The van der Waals surface area contributed by atoms with E-state index in [1.165, 1.54) is 17.5 Å². The average molecular weight is 441 g/mol. The fourth-order valence-corrected chi connectivity index (χ4v) is 4.67. The van der Waals surface area contributed by atoms with Crippen LogP contribution >= 0.6 is 0 Å². The van der Waals surface area contributed by atoms with Crippen molar-refractivity contribution in [3.8, 4) is 5.82 Å². The van der Waals surface area contributed by atoms with E-state index in [0.717, 1.165) is 37.1 Å². The van der Waals surface area contributed by atoms with Crippen molar-refractivity contribution in [2.24, 2.45) is 0 Å². The fourth-order valence-electron chi connectivity index (χ4n) is 4.67. The van der Waals surface area contributed by atoms with Crippen LogP contribution in [-0.4, -0.2) is 24.3 Å². The highest BCUT2D eigenvalue weighted by Crippen LogP contribution is 2.36. The topological polar surface area (TPSA) is 77.6 Å². The zero-order valence-electron chi connectivity index (χ0n) is 19.3. The molecule has 7 heteroatoms. The van der Waals surface area contributed by atoms with Crippen LogP contribution in [-0.2, 0) is 18.3 Å². The Morgan fingerprint density at radius 3 is 2.64 bits per heavy atom. The van der Waals surface area contributed by atoms with Crippen LogP contribution in [0, 0.1) is 0 Å². The first-order valence-electron chi connectivity index (χ1n) is 11.8. The summed E-state index contributed by atoms with van der Waals surface area (Å²) in [4.78, 5) is 27.5. The van der Waals surface area contributed by atoms with Gasteiger partial charge in [0.2, 0.25) is 5.95 Å². The molecule has 0 spiro atoms. The summed E-state index contributed by atoms with van der Waals surface area (Å²) in [6.45, 7) is 6.42. The van der Waals surface area contributed by atoms with E-state index in [4.69, 9.17) is 9.97 Å². The van der Waals surface area contributed by atoms with Gasteiger partial charge in [-0.15, -0.1) is 0 Å². The number of anilines is 2. The van der Waals surface area contributed by atoms with Gasteiger partial charge in [-0.3, -0.25) is 4.79 Å². The third kappa shape index (κ3) is 3.52. The second-order valence-corrected chi connectivity index (χ2v) is 10.2. The minimum absolute atomic E-state index is 0.0560. The SMILES string of the molecule is CC(C)(C)c1cccc(-n2c3nc(Nc4ccc5c(c4)CCC5)ncc3c(=O)n2C2CC2)n1. The highest BCUT2D eigenvalue weighted by atomic mass is 16.1. The second kappa shape index (κ2) is 7.27. The smallest absolute Gasteiger partial charge is 0.278 e. The van der Waals surface area contributed by atoms with Gasteiger partial charge in [0.25, 0.3) is 5.56 Å². The lowest BCUT2D eigenvalue weighted by Crippen LogP contribution is -2.23. The van der Waals surface area contributed by atoms with Crippen LogP contribution in [0.3, 0.4) is 0 Å². The van der Waals surface area contributed by atoms with E-state index < -0.39 is 0 Å². The van der Waals surface area contributed by atoms with Gasteiger partial charge in [-0.2, -0.15) is 4.98 Å². The van der Waals surface area contributed by atoms with Crippen molar-refractivity contribution in [2.45, 2.75) is 64.3 Å². The summed E-state index contributed by atoms with van der Waals surface area (Å²) in [5, 5.41) is 3.86. The van der Waals surface area contributed by atoms with Crippen molar-refractivity contribution < 1.29 is 0 Å². The van der Waals surface area contributed by atoms with Crippen LogP contribution in [0.15, 0.2) is 47.4 Å². The lowest BCUT2D eigenvalue weighted by molar-refractivity contribution is 0.537. The number of benzene rings is 1. The summed E-state index contributed by atoms with van der Waals surface area (Å²) in [6.07, 6.45) is 7.10. The Morgan fingerprint density at radius 2 is 1.85 bits per heavy atom. The quantitative estimate of drug-likeness (QED) is 0.491. The number of aromatic nitrogens is 5. The van der Waals surface area contributed by atoms with E-state index in [0.29, 0.717) is 22.8 Å². The Bertz CT molecular complexity index is 1440. The molecule has 2 aliphatic carbocycles. The maximum atomic E-state index is 13.3. The molecule has 6 rings (SSSR count). The summed E-state index contributed by atoms with van der Waals surface area (Å²) in [7, 11) is 0. The minimum Gasteiger partial charge on any atom is -0.324 e. The Kier molecular flexibility index (Phi) is 4.44. The number of nitrogens with one attached hydrogen (secondary N) is 1. The Balaban J connectivity index is 1.48. The van der Waals surface area contributed by atoms with Gasteiger partial charge >= 0.3 is 0 Å². The summed E-state index contributed by atoms with van der Waals surface area (Å²) < 4.78 is 3.70. The van der Waals surface area contributed by atoms with Gasteiger partial charge in [-0.05, 0) is 67.5 Å². The number of hydrogen-bond donors (Lipinski definition) is 1. The standard InChI is InChI=1S/C26H28N6O/c1-26(2,3)21-8-5-9-22(29-21)32-23-20(24(33)31(32)19-12-13-19)15-27-25(30-23)28-18-11-10-16-6-4-7-17(16)14-18/h5,8-11,14-15,19H,4,6-7,12-13H2,1-3H3,(H,27,28,30). The van der Waals surface area contributed by atoms with E-state index in [2.05, 4.69) is 49.3 Å². The molecule has 1 aromatic carbocycles. The van der Waals surface area contributed by atoms with Crippen LogP contribution < -0.4 is 10.9 Å². The molecule has 2 aliphatic rings. The molecular formula is C26H28N6O. The predicted octanol–water partition coefficient (Wildman–Crippen LogP) is 4.84. The maximum absolute atomic E-state index is 13.3. The highest BCUT2D eigenvalue weighted by molar-refractivity contribution is 5.77. The summed E-state index contributed by atoms with van der Waals surface area (Å²) in [5.74, 6) is 1.19. The molecule has 0 radical (unpaired) electrons. The van der Waals surface area contributed by atoms with Crippen LogP contribution in [0.5, 0.6) is 0 Å². The molecule has 1 N–H and O–H groups in total. The molecule has 7 nitrogen and oxygen atoms in total. The number of aryl methyl sites for hydroxylation is 2. The Labute approximate surface area is 192 Å². The molecule has 33 heavy (non-hydrogen) atoms. The lowest BCUT2D eigenvalue weighted by atomic mass is 9.92. The van der Waals surface area contributed by atoms with Crippen molar-refractivity contribution >= 4 is 22.7 Å². The van der Waals surface area contributed by atoms with E-state index in [1.54, 1.807) is 6.20 Å². The number of rotatable bonds is 4. The molecule has 1 saturated carbocycles. The molecule has 168 valence electrons. The first-order chi connectivity index (χ1) is 15.9. The van der Waals surface area contributed by atoms with Crippen LogP contribution in [0.1, 0.15) is 62.9 Å². The molecule has 4 aromatic rings. The molecule has 0 bridgehead atoms. The van der Waals surface area contributed by atoms with Crippen LogP contribution in [0.4, 0.5) is 11.6 Å². The molecule has 0 aliphatic heterocycles. The molecule has 1 fully saturated rings. The van der Waals surface area contributed by atoms with Crippen molar-refractivity contribution in [2.75, 3.05) is 5.32 Å². The highest BCUT2D eigenvalue weighted by Gasteiger charge is 2.31. The summed E-state index contributed by atoms with van der Waals surface area (Å²) in [6, 6.07) is 12.6. The van der Waals surface area contributed by atoms with Gasteiger partial charge in [0.1, 0.15) is 5.39 Å². The molecule has 3 aromatic heterocycles. The van der Waals surface area contributed by atoms with Crippen molar-refractivity contribution in [1.82, 2.24) is 24.3 Å². The fraction of sp³-hybridized carbons (Fsp3) is 0.385. The monoisotopic (exact) mass is 440 g/mol.